The summed E-state index contributed by atoms with van der Waals surface area (Å²) in [5, 5.41) is 18.5. The zero-order chi connectivity index (χ0) is 21.1. The first kappa shape index (κ1) is 23.0. The number of carbonyl (C=O) groups is 1. The maximum atomic E-state index is 11.4. The van der Waals surface area contributed by atoms with Crippen LogP contribution in [-0.4, -0.2) is 37.0 Å². The van der Waals surface area contributed by atoms with Gasteiger partial charge in [-0.1, -0.05) is 23.7 Å². The van der Waals surface area contributed by atoms with Crippen LogP contribution in [0.25, 0.3) is 0 Å². The number of ether oxygens (including phenoxy) is 1. The molecular formula is C17H16Br2ClNO6S. The number of nitrogens with one attached hydrogen (secondary N) is 1. The fourth-order valence-corrected chi connectivity index (χ4v) is 4.66. The SMILES string of the molecule is CS(=O)(=O)Nc1cccc(COc2c(Br)cc(CC(O)C(=O)O)cc2Br)c1Cl. The minimum absolute atomic E-state index is 0.0577. The van der Waals surface area contributed by atoms with Crippen LogP contribution in [0.2, 0.25) is 5.02 Å². The molecule has 0 aromatic heterocycles. The van der Waals surface area contributed by atoms with Crippen molar-refractivity contribution in [1.29, 1.82) is 0 Å². The second-order valence-corrected chi connectivity index (χ2v) is 9.72. The highest BCUT2D eigenvalue weighted by Gasteiger charge is 2.17. The number of hydrogen-bond donors (Lipinski definition) is 3. The van der Waals surface area contributed by atoms with E-state index in [4.69, 9.17) is 21.4 Å². The highest BCUT2D eigenvalue weighted by molar-refractivity contribution is 9.11. The number of rotatable bonds is 8. The number of carboxylic acids is 1. The third kappa shape index (κ3) is 6.35. The molecule has 0 spiro atoms. The van der Waals surface area contributed by atoms with Gasteiger partial charge in [-0.25, -0.2) is 13.2 Å². The summed E-state index contributed by atoms with van der Waals surface area (Å²) >= 11 is 13.0. The van der Waals surface area contributed by atoms with Crippen LogP contribution in [0.15, 0.2) is 39.3 Å². The number of carboxylic acid groups (broad SMARTS) is 1. The van der Waals surface area contributed by atoms with Gasteiger partial charge in [0.15, 0.2) is 6.10 Å². The van der Waals surface area contributed by atoms with Crippen LogP contribution >= 0.6 is 43.5 Å². The molecule has 1 atom stereocenters. The number of hydrogen-bond acceptors (Lipinski definition) is 5. The maximum absolute atomic E-state index is 11.4. The maximum Gasteiger partial charge on any atom is 0.332 e. The van der Waals surface area contributed by atoms with Crippen molar-refractivity contribution in [2.45, 2.75) is 19.1 Å². The van der Waals surface area contributed by atoms with Gasteiger partial charge in [-0.05, 0) is 55.6 Å². The van der Waals surface area contributed by atoms with Gasteiger partial charge in [0.1, 0.15) is 12.4 Å². The van der Waals surface area contributed by atoms with Gasteiger partial charge in [0.05, 0.1) is 25.9 Å². The van der Waals surface area contributed by atoms with Gasteiger partial charge in [0, 0.05) is 12.0 Å². The predicted octanol–water partition coefficient (Wildman–Crippen LogP) is 3.80. The van der Waals surface area contributed by atoms with E-state index in [1.54, 1.807) is 30.3 Å². The van der Waals surface area contributed by atoms with Gasteiger partial charge in [0.25, 0.3) is 0 Å². The van der Waals surface area contributed by atoms with E-state index in [1.165, 1.54) is 0 Å². The van der Waals surface area contributed by atoms with Crippen molar-refractivity contribution in [3.63, 3.8) is 0 Å². The molecule has 2 aromatic carbocycles. The Kier molecular flexibility index (Phi) is 7.74. The summed E-state index contributed by atoms with van der Waals surface area (Å²) in [5.41, 5.74) is 1.42. The zero-order valence-corrected chi connectivity index (χ0v) is 19.2. The van der Waals surface area contributed by atoms with Gasteiger partial charge < -0.3 is 14.9 Å². The molecule has 0 saturated carbocycles. The summed E-state index contributed by atoms with van der Waals surface area (Å²) in [5.74, 6) is -0.851. The number of sulfonamides is 1. The van der Waals surface area contributed by atoms with Crippen LogP contribution in [0.1, 0.15) is 11.1 Å². The standard InChI is InChI=1S/C17H16Br2ClNO6S/c1-28(25,26)21-13-4-2-3-10(15(13)20)8-27-16-11(18)5-9(6-12(16)19)7-14(22)17(23)24/h2-6,14,21-22H,7-8H2,1H3,(H,23,24). The topological polar surface area (TPSA) is 113 Å². The number of aliphatic carboxylic acids is 1. The van der Waals surface area contributed by atoms with Crippen LogP contribution in [0.3, 0.4) is 0 Å². The van der Waals surface area contributed by atoms with Crippen LogP contribution in [0.5, 0.6) is 5.75 Å². The smallest absolute Gasteiger partial charge is 0.332 e. The summed E-state index contributed by atoms with van der Waals surface area (Å²) in [6.07, 6.45) is -0.531. The van der Waals surface area contributed by atoms with Crippen molar-refractivity contribution in [1.82, 2.24) is 0 Å². The minimum Gasteiger partial charge on any atom is -0.486 e. The minimum atomic E-state index is -3.47. The molecule has 0 fully saturated rings. The molecule has 3 N–H and O–H groups in total. The van der Waals surface area contributed by atoms with E-state index >= 15 is 0 Å². The lowest BCUT2D eigenvalue weighted by molar-refractivity contribution is -0.146. The Morgan fingerprint density at radius 2 is 1.89 bits per heavy atom. The molecule has 0 amide bonds. The normalized spacial score (nSPS) is 12.5. The zero-order valence-electron chi connectivity index (χ0n) is 14.4. The van der Waals surface area contributed by atoms with Crippen molar-refractivity contribution in [3.05, 3.63) is 55.4 Å². The van der Waals surface area contributed by atoms with Crippen molar-refractivity contribution < 1.29 is 28.2 Å². The summed E-state index contributed by atoms with van der Waals surface area (Å²) in [6, 6.07) is 8.19. The molecule has 7 nitrogen and oxygen atoms in total. The number of halogens is 3. The van der Waals surface area contributed by atoms with Crippen LogP contribution in [0.4, 0.5) is 5.69 Å². The van der Waals surface area contributed by atoms with E-state index in [-0.39, 0.29) is 23.7 Å². The largest absolute Gasteiger partial charge is 0.486 e. The van der Waals surface area contributed by atoms with Gasteiger partial charge in [-0.2, -0.15) is 0 Å². The van der Waals surface area contributed by atoms with E-state index in [0.29, 0.717) is 25.8 Å². The first-order chi connectivity index (χ1) is 13.0. The molecule has 0 heterocycles. The van der Waals surface area contributed by atoms with Crippen LogP contribution < -0.4 is 9.46 Å². The molecule has 2 aromatic rings. The van der Waals surface area contributed by atoms with E-state index < -0.39 is 22.1 Å². The molecule has 0 aliphatic heterocycles. The Labute approximate surface area is 184 Å². The average molecular weight is 558 g/mol. The first-order valence-corrected chi connectivity index (χ1v) is 11.6. The fourth-order valence-electron chi connectivity index (χ4n) is 2.30. The van der Waals surface area contributed by atoms with Gasteiger partial charge in [-0.15, -0.1) is 0 Å². The number of aliphatic hydroxyl groups excluding tert-OH is 1. The van der Waals surface area contributed by atoms with Crippen LogP contribution in [-0.2, 0) is 27.8 Å². The Morgan fingerprint density at radius 1 is 1.29 bits per heavy atom. The van der Waals surface area contributed by atoms with E-state index in [0.717, 1.165) is 6.26 Å². The van der Waals surface area contributed by atoms with E-state index in [9.17, 15) is 18.3 Å². The van der Waals surface area contributed by atoms with Crippen molar-refractivity contribution in [2.75, 3.05) is 11.0 Å². The van der Waals surface area contributed by atoms with Gasteiger partial charge in [0.2, 0.25) is 10.0 Å². The molecule has 0 aliphatic rings. The molecule has 11 heteroatoms. The molecule has 2 rings (SSSR count). The van der Waals surface area contributed by atoms with E-state index in [2.05, 4.69) is 36.6 Å². The van der Waals surface area contributed by atoms with Gasteiger partial charge in [-0.3, -0.25) is 4.72 Å². The molecule has 0 aliphatic carbocycles. The molecular weight excluding hydrogens is 542 g/mol. The third-order valence-corrected chi connectivity index (χ3v) is 5.73. The summed E-state index contributed by atoms with van der Waals surface area (Å²) in [4.78, 5) is 10.8. The average Bonchev–Trinajstić information content (AvgIpc) is 2.55. The lowest BCUT2D eigenvalue weighted by Gasteiger charge is -2.15. The number of anilines is 1. The summed E-state index contributed by atoms with van der Waals surface area (Å²) in [6.45, 7) is 0.0619. The third-order valence-electron chi connectivity index (χ3n) is 3.52. The van der Waals surface area contributed by atoms with Crippen molar-refractivity contribution >= 4 is 65.1 Å². The van der Waals surface area contributed by atoms with Crippen molar-refractivity contribution in [2.24, 2.45) is 0 Å². The number of aliphatic hydroxyl groups is 1. The van der Waals surface area contributed by atoms with Crippen molar-refractivity contribution in [3.8, 4) is 5.75 Å². The Hall–Kier alpha value is -1.33. The Balaban J connectivity index is 2.19. The molecule has 28 heavy (non-hydrogen) atoms. The van der Waals surface area contributed by atoms with E-state index in [1.807, 2.05) is 0 Å². The molecule has 0 bridgehead atoms. The highest BCUT2D eigenvalue weighted by Crippen LogP contribution is 2.36. The second-order valence-electron chi connectivity index (χ2n) is 5.89. The monoisotopic (exact) mass is 555 g/mol. The predicted molar refractivity (Wildman–Crippen MR) is 113 cm³/mol. The lowest BCUT2D eigenvalue weighted by atomic mass is 10.1. The summed E-state index contributed by atoms with van der Waals surface area (Å²) in [7, 11) is -3.47. The molecule has 1 unspecified atom stereocenters. The number of benzene rings is 2. The quantitative estimate of drug-likeness (QED) is 0.455. The second kappa shape index (κ2) is 9.45. The Bertz CT molecular complexity index is 976. The van der Waals surface area contributed by atoms with Gasteiger partial charge >= 0.3 is 5.97 Å². The first-order valence-electron chi connectivity index (χ1n) is 7.74. The Morgan fingerprint density at radius 3 is 2.43 bits per heavy atom. The molecule has 152 valence electrons. The molecule has 0 radical (unpaired) electrons. The lowest BCUT2D eigenvalue weighted by Crippen LogP contribution is -2.22. The summed E-state index contributed by atoms with van der Waals surface area (Å²) < 4.78 is 32.1. The fraction of sp³-hybridized carbons (Fsp3) is 0.235. The molecule has 0 saturated heterocycles. The highest BCUT2D eigenvalue weighted by atomic mass is 79.9. The van der Waals surface area contributed by atoms with Crippen LogP contribution in [0, 0.1) is 0 Å².